The Hall–Kier alpha value is -2.91. The van der Waals surface area contributed by atoms with E-state index >= 15 is 0 Å². The molecule has 2 heterocycles. The van der Waals surface area contributed by atoms with Crippen molar-refractivity contribution in [2.45, 2.75) is 30.7 Å². The van der Waals surface area contributed by atoms with Gasteiger partial charge in [0.1, 0.15) is 5.76 Å². The second kappa shape index (κ2) is 10.2. The molecule has 2 amide bonds. The minimum atomic E-state index is -3.65. The van der Waals surface area contributed by atoms with Crippen LogP contribution in [0.5, 0.6) is 0 Å². The lowest BCUT2D eigenvalue weighted by molar-refractivity contribution is -0.127. The van der Waals surface area contributed by atoms with Gasteiger partial charge in [0.25, 0.3) is 0 Å². The predicted octanol–water partition coefficient (Wildman–Crippen LogP) is 1.90. The lowest BCUT2D eigenvalue weighted by atomic mass is 10.2. The topological polar surface area (TPSA) is 109 Å². The standard InChI is InChI=1S/C21H25N3O5S/c25-20(22-12-3-14-24-13-1-5-21(24)26)11-8-17-6-9-19(10-7-17)30(27,28)23-16-18-4-2-15-29-18/h2,4,6-11,15,23H,1,3,5,12-14,16H2,(H,22,25)/b11-8+. The summed E-state index contributed by atoms with van der Waals surface area (Å²) in [5.74, 6) is 0.471. The normalized spacial score (nSPS) is 14.5. The van der Waals surface area contributed by atoms with Gasteiger partial charge in [-0.3, -0.25) is 9.59 Å². The van der Waals surface area contributed by atoms with Crippen LogP contribution in [0.3, 0.4) is 0 Å². The summed E-state index contributed by atoms with van der Waals surface area (Å²) < 4.78 is 32.2. The van der Waals surface area contributed by atoms with E-state index in [1.807, 2.05) is 4.90 Å². The summed E-state index contributed by atoms with van der Waals surface area (Å²) in [4.78, 5) is 25.4. The predicted molar refractivity (Wildman–Crippen MR) is 112 cm³/mol. The minimum Gasteiger partial charge on any atom is -0.468 e. The molecule has 2 N–H and O–H groups in total. The number of furan rings is 1. The Bertz CT molecular complexity index is 982. The zero-order chi connectivity index (χ0) is 21.4. The Morgan fingerprint density at radius 1 is 1.20 bits per heavy atom. The maximum absolute atomic E-state index is 12.3. The van der Waals surface area contributed by atoms with Crippen LogP contribution in [0.4, 0.5) is 0 Å². The number of hydrogen-bond acceptors (Lipinski definition) is 5. The molecule has 0 radical (unpaired) electrons. The fourth-order valence-corrected chi connectivity index (χ4v) is 4.07. The van der Waals surface area contributed by atoms with Crippen LogP contribution >= 0.6 is 0 Å². The molecule has 160 valence electrons. The van der Waals surface area contributed by atoms with Crippen molar-refractivity contribution in [3.05, 3.63) is 60.1 Å². The van der Waals surface area contributed by atoms with Gasteiger partial charge in [-0.1, -0.05) is 12.1 Å². The van der Waals surface area contributed by atoms with Crippen molar-refractivity contribution in [1.82, 2.24) is 14.9 Å². The molecule has 1 fully saturated rings. The molecule has 0 spiro atoms. The third kappa shape index (κ3) is 6.30. The SMILES string of the molecule is O=C(/C=C/c1ccc(S(=O)(=O)NCc2ccco2)cc1)NCCCN1CCCC1=O. The van der Waals surface area contributed by atoms with Crippen LogP contribution in [-0.2, 0) is 26.2 Å². The number of rotatable bonds is 10. The molecule has 30 heavy (non-hydrogen) atoms. The highest BCUT2D eigenvalue weighted by atomic mass is 32.2. The molecule has 1 aliphatic rings. The van der Waals surface area contributed by atoms with Gasteiger partial charge in [-0.25, -0.2) is 13.1 Å². The smallest absolute Gasteiger partial charge is 0.244 e. The van der Waals surface area contributed by atoms with E-state index in [9.17, 15) is 18.0 Å². The number of likely N-dealkylation sites (tertiary alicyclic amines) is 1. The lowest BCUT2D eigenvalue weighted by Crippen LogP contribution is -2.29. The van der Waals surface area contributed by atoms with Gasteiger partial charge < -0.3 is 14.6 Å². The van der Waals surface area contributed by atoms with Crippen LogP contribution in [0, 0.1) is 0 Å². The fraction of sp³-hybridized carbons (Fsp3) is 0.333. The highest BCUT2D eigenvalue weighted by molar-refractivity contribution is 7.89. The largest absolute Gasteiger partial charge is 0.468 e. The summed E-state index contributed by atoms with van der Waals surface area (Å²) in [6.45, 7) is 2.03. The highest BCUT2D eigenvalue weighted by Crippen LogP contribution is 2.13. The molecular formula is C21H25N3O5S. The summed E-state index contributed by atoms with van der Waals surface area (Å²) in [5, 5.41) is 2.78. The first-order valence-electron chi connectivity index (χ1n) is 9.80. The Morgan fingerprint density at radius 3 is 2.67 bits per heavy atom. The molecule has 8 nitrogen and oxygen atoms in total. The Morgan fingerprint density at radius 2 is 2.00 bits per heavy atom. The molecule has 0 aliphatic carbocycles. The molecule has 3 rings (SSSR count). The van der Waals surface area contributed by atoms with Crippen molar-refractivity contribution in [2.24, 2.45) is 0 Å². The van der Waals surface area contributed by atoms with Crippen molar-refractivity contribution >= 4 is 27.9 Å². The molecule has 1 aromatic carbocycles. The molecule has 1 aromatic heterocycles. The van der Waals surface area contributed by atoms with Crippen molar-refractivity contribution in [1.29, 1.82) is 0 Å². The van der Waals surface area contributed by atoms with E-state index in [1.54, 1.807) is 30.3 Å². The quantitative estimate of drug-likeness (QED) is 0.441. The zero-order valence-electron chi connectivity index (χ0n) is 16.5. The average Bonchev–Trinajstić information content (AvgIpc) is 3.40. The van der Waals surface area contributed by atoms with Gasteiger partial charge in [-0.05, 0) is 48.7 Å². The van der Waals surface area contributed by atoms with E-state index in [2.05, 4.69) is 10.0 Å². The number of nitrogens with one attached hydrogen (secondary N) is 2. The Kier molecular flexibility index (Phi) is 7.42. The fourth-order valence-electron chi connectivity index (χ4n) is 3.07. The number of sulfonamides is 1. The van der Waals surface area contributed by atoms with Gasteiger partial charge in [0.2, 0.25) is 21.8 Å². The molecule has 1 aliphatic heterocycles. The first-order chi connectivity index (χ1) is 14.4. The van der Waals surface area contributed by atoms with Crippen molar-refractivity contribution in [3.63, 3.8) is 0 Å². The van der Waals surface area contributed by atoms with Crippen LogP contribution in [-0.4, -0.2) is 44.8 Å². The summed E-state index contributed by atoms with van der Waals surface area (Å²) in [6.07, 6.45) is 6.74. The molecule has 0 unspecified atom stereocenters. The van der Waals surface area contributed by atoms with Gasteiger partial charge in [-0.15, -0.1) is 0 Å². The van der Waals surface area contributed by atoms with Crippen molar-refractivity contribution < 1.29 is 22.4 Å². The van der Waals surface area contributed by atoms with Gasteiger partial charge in [0.15, 0.2) is 0 Å². The van der Waals surface area contributed by atoms with Crippen molar-refractivity contribution in [3.8, 4) is 0 Å². The van der Waals surface area contributed by atoms with E-state index in [0.717, 1.165) is 13.0 Å². The van der Waals surface area contributed by atoms with Crippen LogP contribution in [0.25, 0.3) is 6.08 Å². The second-order valence-electron chi connectivity index (χ2n) is 6.94. The lowest BCUT2D eigenvalue weighted by Gasteiger charge is -2.14. The molecule has 0 saturated carbocycles. The van der Waals surface area contributed by atoms with Crippen LogP contribution in [0.2, 0.25) is 0 Å². The second-order valence-corrected chi connectivity index (χ2v) is 8.70. The number of benzene rings is 1. The number of amides is 2. The summed E-state index contributed by atoms with van der Waals surface area (Å²) in [7, 11) is -3.65. The Labute approximate surface area is 176 Å². The Balaban J connectivity index is 1.43. The minimum absolute atomic E-state index is 0.0725. The zero-order valence-corrected chi connectivity index (χ0v) is 17.4. The number of carbonyl (C=O) groups is 2. The first kappa shape index (κ1) is 21.8. The summed E-state index contributed by atoms with van der Waals surface area (Å²) in [6, 6.07) is 9.60. The van der Waals surface area contributed by atoms with Crippen molar-refractivity contribution in [2.75, 3.05) is 19.6 Å². The molecule has 0 atom stereocenters. The van der Waals surface area contributed by atoms with E-state index in [4.69, 9.17) is 4.42 Å². The van der Waals surface area contributed by atoms with E-state index in [0.29, 0.717) is 37.3 Å². The van der Waals surface area contributed by atoms with Crippen LogP contribution in [0.15, 0.2) is 58.1 Å². The van der Waals surface area contributed by atoms with Crippen LogP contribution in [0.1, 0.15) is 30.6 Å². The summed E-state index contributed by atoms with van der Waals surface area (Å²) >= 11 is 0. The van der Waals surface area contributed by atoms with E-state index in [1.165, 1.54) is 24.5 Å². The monoisotopic (exact) mass is 431 g/mol. The number of nitrogens with zero attached hydrogens (tertiary/aromatic N) is 1. The van der Waals surface area contributed by atoms with Gasteiger partial charge >= 0.3 is 0 Å². The maximum Gasteiger partial charge on any atom is 0.244 e. The number of hydrogen-bond donors (Lipinski definition) is 2. The molecule has 1 saturated heterocycles. The van der Waals surface area contributed by atoms with Gasteiger partial charge in [0.05, 0.1) is 17.7 Å². The molecule has 0 bridgehead atoms. The van der Waals surface area contributed by atoms with Gasteiger partial charge in [0, 0.05) is 32.1 Å². The molecule has 9 heteroatoms. The van der Waals surface area contributed by atoms with E-state index < -0.39 is 10.0 Å². The molecular weight excluding hydrogens is 406 g/mol. The van der Waals surface area contributed by atoms with Crippen LogP contribution < -0.4 is 10.0 Å². The number of carbonyl (C=O) groups excluding carboxylic acids is 2. The third-order valence-electron chi connectivity index (χ3n) is 4.71. The maximum atomic E-state index is 12.3. The third-order valence-corrected chi connectivity index (χ3v) is 6.13. The molecule has 2 aromatic rings. The van der Waals surface area contributed by atoms with Gasteiger partial charge in [-0.2, -0.15) is 0 Å². The van der Waals surface area contributed by atoms with E-state index in [-0.39, 0.29) is 23.3 Å². The summed E-state index contributed by atoms with van der Waals surface area (Å²) in [5.41, 5.74) is 0.706. The highest BCUT2D eigenvalue weighted by Gasteiger charge is 2.19. The average molecular weight is 432 g/mol. The first-order valence-corrected chi connectivity index (χ1v) is 11.3.